The standard InChI is InChI=1S/C24H28N2O4/c1-17-8-10-19(11-9-17)21(26-18(2)27)14-23(29)30-15-22(28)25-16-24(12-13-24)20-6-4-3-5-7-20/h3-11,21H,12-16H2,1-2H3,(H,25,28)(H,26,27). The zero-order valence-electron chi connectivity index (χ0n) is 17.4. The van der Waals surface area contributed by atoms with E-state index in [0.717, 1.165) is 24.0 Å². The van der Waals surface area contributed by atoms with Gasteiger partial charge < -0.3 is 15.4 Å². The van der Waals surface area contributed by atoms with E-state index in [1.165, 1.54) is 12.5 Å². The van der Waals surface area contributed by atoms with Crippen molar-refractivity contribution in [2.75, 3.05) is 13.2 Å². The summed E-state index contributed by atoms with van der Waals surface area (Å²) in [4.78, 5) is 35.9. The predicted octanol–water partition coefficient (Wildman–Crippen LogP) is 2.95. The summed E-state index contributed by atoms with van der Waals surface area (Å²) in [7, 11) is 0. The topological polar surface area (TPSA) is 84.5 Å². The van der Waals surface area contributed by atoms with Gasteiger partial charge in [0, 0.05) is 18.9 Å². The average molecular weight is 408 g/mol. The van der Waals surface area contributed by atoms with E-state index in [0.29, 0.717) is 6.54 Å². The molecular formula is C24H28N2O4. The van der Waals surface area contributed by atoms with Crippen LogP contribution in [0.5, 0.6) is 0 Å². The monoisotopic (exact) mass is 408 g/mol. The fourth-order valence-corrected chi connectivity index (χ4v) is 3.50. The molecule has 0 bridgehead atoms. The van der Waals surface area contributed by atoms with Crippen LogP contribution in [0.4, 0.5) is 0 Å². The number of esters is 1. The molecule has 3 rings (SSSR count). The normalized spacial score (nSPS) is 15.0. The van der Waals surface area contributed by atoms with Gasteiger partial charge in [-0.1, -0.05) is 60.2 Å². The van der Waals surface area contributed by atoms with E-state index >= 15 is 0 Å². The van der Waals surface area contributed by atoms with Crippen LogP contribution in [-0.4, -0.2) is 30.9 Å². The van der Waals surface area contributed by atoms with Gasteiger partial charge in [-0.25, -0.2) is 0 Å². The SMILES string of the molecule is CC(=O)NC(CC(=O)OCC(=O)NCC1(c2ccccc2)CC1)c1ccc(C)cc1. The Hall–Kier alpha value is -3.15. The van der Waals surface area contributed by atoms with Gasteiger partial charge in [-0.2, -0.15) is 0 Å². The first-order chi connectivity index (χ1) is 14.4. The van der Waals surface area contributed by atoms with E-state index in [1.54, 1.807) is 0 Å². The third-order valence-electron chi connectivity index (χ3n) is 5.46. The van der Waals surface area contributed by atoms with Gasteiger partial charge in [-0.3, -0.25) is 14.4 Å². The smallest absolute Gasteiger partial charge is 0.308 e. The molecule has 1 aliphatic carbocycles. The molecule has 1 saturated carbocycles. The molecule has 1 aliphatic rings. The first kappa shape index (κ1) is 21.6. The number of amides is 2. The zero-order valence-corrected chi connectivity index (χ0v) is 17.4. The molecule has 2 N–H and O–H groups in total. The van der Waals surface area contributed by atoms with Crippen LogP contribution in [0.15, 0.2) is 54.6 Å². The van der Waals surface area contributed by atoms with E-state index in [2.05, 4.69) is 22.8 Å². The fourth-order valence-electron chi connectivity index (χ4n) is 3.50. The van der Waals surface area contributed by atoms with Crippen LogP contribution in [0, 0.1) is 6.92 Å². The van der Waals surface area contributed by atoms with Crippen LogP contribution in [0.3, 0.4) is 0 Å². The van der Waals surface area contributed by atoms with Crippen molar-refractivity contribution in [3.63, 3.8) is 0 Å². The molecule has 0 saturated heterocycles. The second-order valence-corrected chi connectivity index (χ2v) is 7.95. The molecule has 6 heteroatoms. The number of carbonyl (C=O) groups excluding carboxylic acids is 3. The average Bonchev–Trinajstić information content (AvgIpc) is 3.52. The van der Waals surface area contributed by atoms with Gasteiger partial charge in [0.15, 0.2) is 6.61 Å². The summed E-state index contributed by atoms with van der Waals surface area (Å²) in [6.07, 6.45) is 2.03. The molecular weight excluding hydrogens is 380 g/mol. The maximum absolute atomic E-state index is 12.3. The minimum absolute atomic E-state index is 0.00285. The van der Waals surface area contributed by atoms with Crippen LogP contribution in [0.25, 0.3) is 0 Å². The second-order valence-electron chi connectivity index (χ2n) is 7.95. The first-order valence-corrected chi connectivity index (χ1v) is 10.2. The highest BCUT2D eigenvalue weighted by Crippen LogP contribution is 2.47. The summed E-state index contributed by atoms with van der Waals surface area (Å²) in [5.74, 6) is -1.09. The van der Waals surface area contributed by atoms with Crippen molar-refractivity contribution in [2.24, 2.45) is 0 Å². The minimum atomic E-state index is -0.534. The number of nitrogens with one attached hydrogen (secondary N) is 2. The van der Waals surface area contributed by atoms with Gasteiger partial charge in [0.25, 0.3) is 5.91 Å². The summed E-state index contributed by atoms with van der Waals surface area (Å²) >= 11 is 0. The molecule has 1 unspecified atom stereocenters. The lowest BCUT2D eigenvalue weighted by atomic mass is 9.96. The van der Waals surface area contributed by atoms with E-state index in [9.17, 15) is 14.4 Å². The summed E-state index contributed by atoms with van der Waals surface area (Å²) in [6, 6.07) is 17.2. The third kappa shape index (κ3) is 5.92. The number of hydrogen-bond donors (Lipinski definition) is 2. The van der Waals surface area contributed by atoms with Gasteiger partial charge in [-0.05, 0) is 30.9 Å². The number of rotatable bonds is 9. The molecule has 2 aromatic carbocycles. The Morgan fingerprint density at radius 3 is 2.30 bits per heavy atom. The highest BCUT2D eigenvalue weighted by atomic mass is 16.5. The molecule has 0 aromatic heterocycles. The number of aryl methyl sites for hydroxylation is 1. The Morgan fingerprint density at radius 2 is 1.70 bits per heavy atom. The molecule has 1 atom stereocenters. The highest BCUT2D eigenvalue weighted by molar-refractivity contribution is 5.81. The van der Waals surface area contributed by atoms with E-state index in [1.807, 2.05) is 49.4 Å². The Labute approximate surface area is 177 Å². The summed E-state index contributed by atoms with van der Waals surface area (Å²) < 4.78 is 5.15. The van der Waals surface area contributed by atoms with Crippen molar-refractivity contribution in [1.29, 1.82) is 0 Å². The molecule has 30 heavy (non-hydrogen) atoms. The van der Waals surface area contributed by atoms with Crippen molar-refractivity contribution >= 4 is 17.8 Å². The maximum atomic E-state index is 12.3. The van der Waals surface area contributed by atoms with Crippen LogP contribution >= 0.6 is 0 Å². The fraction of sp³-hybridized carbons (Fsp3) is 0.375. The number of hydrogen-bond acceptors (Lipinski definition) is 4. The summed E-state index contributed by atoms with van der Waals surface area (Å²) in [6.45, 7) is 3.57. The molecule has 6 nitrogen and oxygen atoms in total. The third-order valence-corrected chi connectivity index (χ3v) is 5.46. The van der Waals surface area contributed by atoms with E-state index in [4.69, 9.17) is 4.74 Å². The van der Waals surface area contributed by atoms with Crippen molar-refractivity contribution in [3.05, 3.63) is 71.3 Å². The van der Waals surface area contributed by atoms with Crippen LogP contribution in [0.1, 0.15) is 48.9 Å². The maximum Gasteiger partial charge on any atom is 0.308 e. The van der Waals surface area contributed by atoms with E-state index in [-0.39, 0.29) is 30.3 Å². The number of ether oxygens (including phenoxy) is 1. The van der Waals surface area contributed by atoms with Crippen molar-refractivity contribution < 1.29 is 19.1 Å². The zero-order chi connectivity index (χ0) is 21.6. The van der Waals surface area contributed by atoms with Gasteiger partial charge in [0.1, 0.15) is 0 Å². The van der Waals surface area contributed by atoms with Crippen LogP contribution in [0.2, 0.25) is 0 Å². The molecule has 1 fully saturated rings. The number of benzene rings is 2. The molecule has 0 heterocycles. The minimum Gasteiger partial charge on any atom is -0.456 e. The molecule has 0 aliphatic heterocycles. The predicted molar refractivity (Wildman–Crippen MR) is 114 cm³/mol. The molecule has 2 amide bonds. The van der Waals surface area contributed by atoms with Crippen molar-refractivity contribution in [2.45, 2.75) is 44.6 Å². The van der Waals surface area contributed by atoms with E-state index < -0.39 is 12.0 Å². The van der Waals surface area contributed by atoms with Crippen LogP contribution < -0.4 is 10.6 Å². The van der Waals surface area contributed by atoms with Gasteiger partial charge in [0.2, 0.25) is 5.91 Å². The van der Waals surface area contributed by atoms with Gasteiger partial charge in [-0.15, -0.1) is 0 Å². The Balaban J connectivity index is 1.47. The Morgan fingerprint density at radius 1 is 1.03 bits per heavy atom. The lowest BCUT2D eigenvalue weighted by Crippen LogP contribution is -2.35. The Bertz CT molecular complexity index is 889. The van der Waals surface area contributed by atoms with Gasteiger partial charge in [0.05, 0.1) is 12.5 Å². The Kier molecular flexibility index (Phi) is 6.87. The quantitative estimate of drug-likeness (QED) is 0.625. The highest BCUT2D eigenvalue weighted by Gasteiger charge is 2.44. The first-order valence-electron chi connectivity index (χ1n) is 10.2. The lowest BCUT2D eigenvalue weighted by Gasteiger charge is -2.18. The molecule has 158 valence electrons. The largest absolute Gasteiger partial charge is 0.456 e. The van der Waals surface area contributed by atoms with Crippen LogP contribution in [-0.2, 0) is 24.5 Å². The molecule has 0 spiro atoms. The molecule has 0 radical (unpaired) electrons. The summed E-state index contributed by atoms with van der Waals surface area (Å²) in [5, 5.41) is 5.64. The second kappa shape index (κ2) is 9.57. The molecule has 2 aromatic rings. The van der Waals surface area contributed by atoms with Crippen molar-refractivity contribution in [1.82, 2.24) is 10.6 Å². The number of carbonyl (C=O) groups is 3. The lowest BCUT2D eigenvalue weighted by molar-refractivity contribution is -0.149. The van der Waals surface area contributed by atoms with Crippen molar-refractivity contribution in [3.8, 4) is 0 Å². The van der Waals surface area contributed by atoms with Gasteiger partial charge >= 0.3 is 5.97 Å². The summed E-state index contributed by atoms with van der Waals surface area (Å²) in [5.41, 5.74) is 3.13.